The molecule has 2 aliphatic heterocycles. The highest BCUT2D eigenvalue weighted by Crippen LogP contribution is 2.43. The number of carbonyl (C=O) groups excluding carboxylic acids is 1. The lowest BCUT2D eigenvalue weighted by molar-refractivity contribution is -0.142. The average Bonchev–Trinajstić information content (AvgIpc) is 3.09. The van der Waals surface area contributed by atoms with Crippen molar-refractivity contribution in [3.63, 3.8) is 0 Å². The fraction of sp³-hybridized carbons (Fsp3) is 0.643. The van der Waals surface area contributed by atoms with Crippen molar-refractivity contribution in [2.75, 3.05) is 0 Å². The molecule has 1 aromatic heterocycles. The Morgan fingerprint density at radius 3 is 2.80 bits per heavy atom. The summed E-state index contributed by atoms with van der Waals surface area (Å²) in [6.45, 7) is 3.65. The molecule has 3 atom stereocenters. The van der Waals surface area contributed by atoms with Gasteiger partial charge < -0.3 is 14.5 Å². The normalized spacial score (nSPS) is 28.1. The van der Waals surface area contributed by atoms with Gasteiger partial charge in [0.25, 0.3) is 5.91 Å². The summed E-state index contributed by atoms with van der Waals surface area (Å²) in [5, 5.41) is 13.2. The second kappa shape index (κ2) is 4.61. The van der Waals surface area contributed by atoms with E-state index in [1.807, 2.05) is 6.92 Å². The van der Waals surface area contributed by atoms with Crippen LogP contribution in [0.2, 0.25) is 0 Å². The van der Waals surface area contributed by atoms with Crippen molar-refractivity contribution in [1.82, 2.24) is 10.1 Å². The van der Waals surface area contributed by atoms with E-state index in [0.29, 0.717) is 29.9 Å². The van der Waals surface area contributed by atoms with Crippen molar-refractivity contribution in [2.24, 2.45) is 5.92 Å². The Balaban J connectivity index is 1.92. The number of aliphatic carboxylic acids is 1. The maximum Gasteiger partial charge on any atom is 0.308 e. The van der Waals surface area contributed by atoms with Crippen molar-refractivity contribution in [3.05, 3.63) is 17.0 Å². The molecule has 0 radical (unpaired) electrons. The molecule has 1 N–H and O–H groups in total. The number of rotatable bonds is 3. The molecule has 6 heteroatoms. The summed E-state index contributed by atoms with van der Waals surface area (Å²) in [4.78, 5) is 25.8. The predicted octanol–water partition coefficient (Wildman–Crippen LogP) is 1.62. The molecule has 1 aromatic rings. The van der Waals surface area contributed by atoms with Crippen LogP contribution in [0.1, 0.15) is 48.0 Å². The van der Waals surface area contributed by atoms with Crippen LogP contribution in [0.15, 0.2) is 4.52 Å². The van der Waals surface area contributed by atoms with Crippen LogP contribution in [0.5, 0.6) is 0 Å². The van der Waals surface area contributed by atoms with Crippen LogP contribution in [0.4, 0.5) is 0 Å². The monoisotopic (exact) mass is 278 g/mol. The summed E-state index contributed by atoms with van der Waals surface area (Å²) >= 11 is 0. The number of carboxylic acids is 1. The average molecular weight is 278 g/mol. The number of nitrogens with zero attached hydrogens (tertiary/aromatic N) is 2. The highest BCUT2D eigenvalue weighted by atomic mass is 16.5. The lowest BCUT2D eigenvalue weighted by atomic mass is 9.89. The van der Waals surface area contributed by atoms with Crippen LogP contribution in [0.25, 0.3) is 0 Å². The van der Waals surface area contributed by atoms with Crippen molar-refractivity contribution >= 4 is 11.9 Å². The Morgan fingerprint density at radius 1 is 1.45 bits per heavy atom. The molecule has 1 amide bonds. The highest BCUT2D eigenvalue weighted by molar-refractivity contribution is 5.97. The summed E-state index contributed by atoms with van der Waals surface area (Å²) in [5.74, 6) is -0.822. The zero-order valence-electron chi connectivity index (χ0n) is 11.6. The fourth-order valence-corrected chi connectivity index (χ4v) is 3.63. The minimum Gasteiger partial charge on any atom is -0.481 e. The Hall–Kier alpha value is -1.85. The summed E-state index contributed by atoms with van der Waals surface area (Å²) in [7, 11) is 0. The third-order valence-corrected chi connectivity index (χ3v) is 4.57. The van der Waals surface area contributed by atoms with Crippen LogP contribution in [0, 0.1) is 12.8 Å². The molecule has 3 heterocycles. The molecule has 3 unspecified atom stereocenters. The first-order chi connectivity index (χ1) is 9.54. The van der Waals surface area contributed by atoms with Crippen molar-refractivity contribution in [2.45, 2.75) is 51.6 Å². The molecule has 0 aromatic carbocycles. The Bertz CT molecular complexity index is 566. The summed E-state index contributed by atoms with van der Waals surface area (Å²) in [6.07, 6.45) is 2.87. The van der Waals surface area contributed by atoms with Crippen molar-refractivity contribution < 1.29 is 19.2 Å². The Morgan fingerprint density at radius 2 is 2.20 bits per heavy atom. The summed E-state index contributed by atoms with van der Waals surface area (Å²) in [5.41, 5.74) is 1.18. The first kappa shape index (κ1) is 13.1. The minimum atomic E-state index is -0.798. The van der Waals surface area contributed by atoms with E-state index in [1.165, 1.54) is 0 Å². The van der Waals surface area contributed by atoms with Gasteiger partial charge in [-0.25, -0.2) is 0 Å². The second-order valence-corrected chi connectivity index (χ2v) is 5.61. The maximum absolute atomic E-state index is 12.8. The number of aromatic nitrogens is 1. The van der Waals surface area contributed by atoms with Crippen molar-refractivity contribution in [3.8, 4) is 0 Å². The minimum absolute atomic E-state index is 0.0487. The molecular weight excluding hydrogens is 260 g/mol. The van der Waals surface area contributed by atoms with Gasteiger partial charge in [0, 0.05) is 12.1 Å². The molecule has 0 saturated carbocycles. The van der Waals surface area contributed by atoms with Crippen molar-refractivity contribution in [1.29, 1.82) is 0 Å². The van der Waals surface area contributed by atoms with E-state index in [1.54, 1.807) is 11.8 Å². The largest absolute Gasteiger partial charge is 0.481 e. The van der Waals surface area contributed by atoms with Gasteiger partial charge in [-0.15, -0.1) is 0 Å². The number of hydrogen-bond donors (Lipinski definition) is 1. The molecule has 3 rings (SSSR count). The Kier molecular flexibility index (Phi) is 3.03. The topological polar surface area (TPSA) is 83.6 Å². The van der Waals surface area contributed by atoms with E-state index in [2.05, 4.69) is 5.16 Å². The van der Waals surface area contributed by atoms with Gasteiger partial charge in [-0.3, -0.25) is 9.59 Å². The van der Waals surface area contributed by atoms with Crippen LogP contribution in [-0.2, 0) is 11.2 Å². The summed E-state index contributed by atoms with van der Waals surface area (Å²) < 4.78 is 5.12. The van der Waals surface area contributed by atoms with Crippen LogP contribution in [0.3, 0.4) is 0 Å². The number of amides is 1. The summed E-state index contributed by atoms with van der Waals surface area (Å²) in [6, 6.07) is -0.128. The highest BCUT2D eigenvalue weighted by Gasteiger charge is 2.52. The molecular formula is C14H18N2O4. The first-order valence-corrected chi connectivity index (χ1v) is 7.05. The molecule has 108 valence electrons. The van der Waals surface area contributed by atoms with Gasteiger partial charge in [0.05, 0.1) is 11.6 Å². The van der Waals surface area contributed by atoms with E-state index in [9.17, 15) is 14.7 Å². The number of hydrogen-bond acceptors (Lipinski definition) is 4. The maximum atomic E-state index is 12.8. The van der Waals surface area contributed by atoms with Gasteiger partial charge in [0.1, 0.15) is 11.3 Å². The molecule has 6 nitrogen and oxygen atoms in total. The van der Waals surface area contributed by atoms with E-state index >= 15 is 0 Å². The lowest BCUT2D eigenvalue weighted by Crippen LogP contribution is -2.38. The lowest BCUT2D eigenvalue weighted by Gasteiger charge is -2.23. The first-order valence-electron chi connectivity index (χ1n) is 7.05. The van der Waals surface area contributed by atoms with Crippen LogP contribution >= 0.6 is 0 Å². The predicted molar refractivity (Wildman–Crippen MR) is 69.3 cm³/mol. The molecule has 0 spiro atoms. The molecule has 2 fully saturated rings. The number of aryl methyl sites for hydroxylation is 2. The van der Waals surface area contributed by atoms with E-state index < -0.39 is 11.9 Å². The van der Waals surface area contributed by atoms with Gasteiger partial charge in [-0.1, -0.05) is 12.1 Å². The van der Waals surface area contributed by atoms with Crippen LogP contribution < -0.4 is 0 Å². The zero-order chi connectivity index (χ0) is 14.4. The number of carboxylic acid groups (broad SMARTS) is 1. The third-order valence-electron chi connectivity index (χ3n) is 4.57. The van der Waals surface area contributed by atoms with Gasteiger partial charge in [-0.05, 0) is 32.6 Å². The molecule has 20 heavy (non-hydrogen) atoms. The molecule has 2 bridgehead atoms. The third kappa shape index (κ3) is 1.74. The number of carbonyl (C=O) groups is 2. The Labute approximate surface area is 116 Å². The van der Waals surface area contributed by atoms with E-state index in [-0.39, 0.29) is 18.0 Å². The van der Waals surface area contributed by atoms with Gasteiger partial charge >= 0.3 is 5.97 Å². The van der Waals surface area contributed by atoms with Gasteiger partial charge in [-0.2, -0.15) is 0 Å². The van der Waals surface area contributed by atoms with Gasteiger partial charge in [0.2, 0.25) is 0 Å². The quantitative estimate of drug-likeness (QED) is 0.908. The van der Waals surface area contributed by atoms with E-state index in [4.69, 9.17) is 4.52 Å². The van der Waals surface area contributed by atoms with Gasteiger partial charge in [0.15, 0.2) is 0 Å². The fourth-order valence-electron chi connectivity index (χ4n) is 3.63. The van der Waals surface area contributed by atoms with E-state index in [0.717, 1.165) is 12.8 Å². The molecule has 0 aliphatic carbocycles. The zero-order valence-corrected chi connectivity index (χ0v) is 11.6. The SMILES string of the molecule is CCc1noc(C)c1C(=O)N1C2CCC1C(C(=O)O)C2. The standard InChI is InChI=1S/C14H18N2O4/c1-3-10-12(7(2)20-15-10)13(17)16-8-4-5-11(16)9(6-8)14(18)19/h8-9,11H,3-6H2,1-2H3,(H,18,19). The molecule has 2 aliphatic rings. The smallest absolute Gasteiger partial charge is 0.308 e. The molecule has 2 saturated heterocycles. The second-order valence-electron chi connectivity index (χ2n) is 5.61. The number of fused-ring (bicyclic) bond motifs is 2. The van der Waals surface area contributed by atoms with Crippen LogP contribution in [-0.4, -0.2) is 39.1 Å².